The van der Waals surface area contributed by atoms with E-state index in [1.807, 2.05) is 10.8 Å². The fourth-order valence-electron chi connectivity index (χ4n) is 4.98. The van der Waals surface area contributed by atoms with Gasteiger partial charge in [-0.2, -0.15) is 22.7 Å². The monoisotopic (exact) mass is 485 g/mol. The summed E-state index contributed by atoms with van der Waals surface area (Å²) in [6.07, 6.45) is 4.58. The van der Waals surface area contributed by atoms with Crippen LogP contribution < -0.4 is 5.32 Å². The minimum absolute atomic E-state index is 0.153. The summed E-state index contributed by atoms with van der Waals surface area (Å²) in [4.78, 5) is 34.2. The summed E-state index contributed by atoms with van der Waals surface area (Å²) in [6, 6.07) is 5.20. The van der Waals surface area contributed by atoms with E-state index in [1.54, 1.807) is 41.4 Å². The molecule has 33 heavy (non-hydrogen) atoms. The van der Waals surface area contributed by atoms with E-state index >= 15 is 0 Å². The molecule has 3 saturated heterocycles. The predicted octanol–water partition coefficient (Wildman–Crippen LogP) is 2.63. The summed E-state index contributed by atoms with van der Waals surface area (Å²) in [5.41, 5.74) is -0.801. The summed E-state index contributed by atoms with van der Waals surface area (Å²) < 4.78 is 6.57. The van der Waals surface area contributed by atoms with Crippen molar-refractivity contribution in [2.45, 2.75) is 24.5 Å². The van der Waals surface area contributed by atoms with Gasteiger partial charge in [-0.15, -0.1) is 0 Å². The standard InChI is InChI=1S/C23H24N4O4S2/c28-20(26-22-24-6-1-7-25-22)13-27-8-2-16(3-9-27)19(12-27)31-21(29)23(30,17-4-10-32-14-17)18-5-11-33-15-18/h1,4-7,10-11,14-16,19,30H,2-3,8-9,12-13H2/p+1/t16?,19-,27?/m0/s1. The van der Waals surface area contributed by atoms with Crippen LogP contribution in [-0.4, -0.2) is 63.7 Å². The molecule has 172 valence electrons. The molecule has 0 aliphatic carbocycles. The fourth-order valence-corrected chi connectivity index (χ4v) is 6.37. The van der Waals surface area contributed by atoms with Crippen LogP contribution in [0.4, 0.5) is 5.95 Å². The number of thiophene rings is 2. The number of piperidine rings is 3. The van der Waals surface area contributed by atoms with Crippen molar-refractivity contribution in [1.29, 1.82) is 0 Å². The van der Waals surface area contributed by atoms with Crippen LogP contribution >= 0.6 is 22.7 Å². The summed E-state index contributed by atoms with van der Waals surface area (Å²) in [5.74, 6) is -0.283. The summed E-state index contributed by atoms with van der Waals surface area (Å²) in [7, 11) is 0. The van der Waals surface area contributed by atoms with Crippen molar-refractivity contribution in [3.8, 4) is 0 Å². The largest absolute Gasteiger partial charge is 0.453 e. The van der Waals surface area contributed by atoms with E-state index < -0.39 is 11.6 Å². The second-order valence-electron chi connectivity index (χ2n) is 8.77. The average Bonchev–Trinajstić information content (AvgIpc) is 3.54. The van der Waals surface area contributed by atoms with Gasteiger partial charge in [-0.25, -0.2) is 14.8 Å². The third kappa shape index (κ3) is 4.31. The molecule has 6 rings (SSSR count). The van der Waals surface area contributed by atoms with Crippen molar-refractivity contribution in [2.75, 3.05) is 31.5 Å². The molecule has 0 spiro atoms. The number of hydrogen-bond acceptors (Lipinski definition) is 8. The van der Waals surface area contributed by atoms with Crippen LogP contribution in [0.25, 0.3) is 0 Å². The first kappa shape index (κ1) is 22.1. The molecular weight excluding hydrogens is 460 g/mol. The highest BCUT2D eigenvalue weighted by Gasteiger charge is 2.51. The van der Waals surface area contributed by atoms with Gasteiger partial charge in [0.05, 0.1) is 13.1 Å². The number of rotatable bonds is 7. The van der Waals surface area contributed by atoms with Crippen molar-refractivity contribution in [3.63, 3.8) is 0 Å². The number of nitrogens with one attached hydrogen (secondary N) is 1. The number of aromatic nitrogens is 2. The molecule has 3 aromatic heterocycles. The van der Waals surface area contributed by atoms with Crippen LogP contribution in [0.2, 0.25) is 0 Å². The predicted molar refractivity (Wildman–Crippen MR) is 125 cm³/mol. The molecule has 0 saturated carbocycles. The number of hydrogen-bond donors (Lipinski definition) is 2. The Morgan fingerprint density at radius 1 is 1.12 bits per heavy atom. The lowest BCUT2D eigenvalue weighted by Gasteiger charge is -2.51. The lowest BCUT2D eigenvalue weighted by atomic mass is 9.82. The van der Waals surface area contributed by atoms with Crippen molar-refractivity contribution in [3.05, 3.63) is 63.2 Å². The van der Waals surface area contributed by atoms with Crippen molar-refractivity contribution in [1.82, 2.24) is 9.97 Å². The Labute approximate surface area is 199 Å². The Hall–Kier alpha value is -2.66. The molecule has 3 aromatic rings. The number of ether oxygens (including phenoxy) is 1. The second kappa shape index (κ2) is 8.94. The van der Waals surface area contributed by atoms with Crippen LogP contribution in [0.15, 0.2) is 52.1 Å². The van der Waals surface area contributed by atoms with E-state index in [4.69, 9.17) is 4.74 Å². The molecule has 3 aliphatic heterocycles. The fraction of sp³-hybridized carbons (Fsp3) is 0.391. The van der Waals surface area contributed by atoms with Crippen LogP contribution in [0.1, 0.15) is 24.0 Å². The third-order valence-electron chi connectivity index (χ3n) is 6.77. The normalized spacial score (nSPS) is 24.4. The molecule has 0 radical (unpaired) electrons. The van der Waals surface area contributed by atoms with Gasteiger partial charge < -0.3 is 14.3 Å². The molecule has 2 bridgehead atoms. The first-order chi connectivity index (χ1) is 16.0. The van der Waals surface area contributed by atoms with Crippen molar-refractivity contribution in [2.24, 2.45) is 5.92 Å². The maximum absolute atomic E-state index is 13.4. The molecule has 0 unspecified atom stereocenters. The number of amides is 1. The SMILES string of the molecule is O=C(C[N+]12CCC(CC1)[C@@H](OC(=O)C(O)(c1ccsc1)c1ccsc1)C2)Nc1ncccn1. The van der Waals surface area contributed by atoms with Gasteiger partial charge in [-0.3, -0.25) is 10.1 Å². The summed E-state index contributed by atoms with van der Waals surface area (Å²) >= 11 is 2.85. The van der Waals surface area contributed by atoms with Gasteiger partial charge in [0.25, 0.3) is 5.91 Å². The molecule has 3 fully saturated rings. The smallest absolute Gasteiger partial charge is 0.348 e. The zero-order chi connectivity index (χ0) is 22.9. The highest BCUT2D eigenvalue weighted by atomic mass is 32.1. The van der Waals surface area contributed by atoms with E-state index in [1.165, 1.54) is 22.7 Å². The van der Waals surface area contributed by atoms with Gasteiger partial charge in [0.1, 0.15) is 6.54 Å². The minimum atomic E-state index is -1.83. The zero-order valence-electron chi connectivity index (χ0n) is 17.9. The highest BCUT2D eigenvalue weighted by molar-refractivity contribution is 7.08. The molecule has 3 aliphatic rings. The molecule has 0 aromatic carbocycles. The maximum Gasteiger partial charge on any atom is 0.348 e. The van der Waals surface area contributed by atoms with Gasteiger partial charge in [0.2, 0.25) is 11.5 Å². The average molecular weight is 486 g/mol. The molecule has 2 N–H and O–H groups in total. The quantitative estimate of drug-likeness (QED) is 0.394. The Balaban J connectivity index is 1.31. The Morgan fingerprint density at radius 3 is 2.33 bits per heavy atom. The Morgan fingerprint density at radius 2 is 1.76 bits per heavy atom. The Bertz CT molecular complexity index is 1060. The first-order valence-electron chi connectivity index (χ1n) is 10.9. The van der Waals surface area contributed by atoms with E-state index in [0.29, 0.717) is 22.2 Å². The van der Waals surface area contributed by atoms with Gasteiger partial charge in [-0.1, -0.05) is 0 Å². The number of quaternary nitrogens is 1. The topological polar surface area (TPSA) is 101 Å². The molecule has 6 heterocycles. The molecule has 10 heteroatoms. The van der Waals surface area contributed by atoms with Gasteiger partial charge >= 0.3 is 5.97 Å². The van der Waals surface area contributed by atoms with E-state index in [-0.39, 0.29) is 30.4 Å². The number of aliphatic hydroxyl groups is 1. The number of fused-ring (bicyclic) bond motifs is 3. The molecule has 8 nitrogen and oxygen atoms in total. The molecule has 1 amide bonds. The lowest BCUT2D eigenvalue weighted by Crippen LogP contribution is -2.66. The number of anilines is 1. The van der Waals surface area contributed by atoms with E-state index in [9.17, 15) is 14.7 Å². The second-order valence-corrected chi connectivity index (χ2v) is 10.3. The number of esters is 1. The van der Waals surface area contributed by atoms with Gasteiger partial charge in [-0.05, 0) is 39.7 Å². The van der Waals surface area contributed by atoms with E-state index in [0.717, 1.165) is 25.9 Å². The van der Waals surface area contributed by atoms with Crippen LogP contribution in [0, 0.1) is 5.92 Å². The van der Waals surface area contributed by atoms with Crippen molar-refractivity contribution < 1.29 is 23.9 Å². The maximum atomic E-state index is 13.4. The van der Waals surface area contributed by atoms with Crippen LogP contribution in [-0.2, 0) is 19.9 Å². The molecular formula is C23H25N4O4S2+. The van der Waals surface area contributed by atoms with Gasteiger partial charge in [0, 0.05) is 42.3 Å². The zero-order valence-corrected chi connectivity index (χ0v) is 19.6. The lowest BCUT2D eigenvalue weighted by molar-refractivity contribution is -0.939. The summed E-state index contributed by atoms with van der Waals surface area (Å²) in [5, 5.41) is 21.5. The summed E-state index contributed by atoms with van der Waals surface area (Å²) in [6.45, 7) is 2.56. The van der Waals surface area contributed by atoms with Crippen molar-refractivity contribution >= 4 is 40.5 Å². The number of nitrogens with zero attached hydrogens (tertiary/aromatic N) is 3. The Kier molecular flexibility index (Phi) is 6.00. The van der Waals surface area contributed by atoms with E-state index in [2.05, 4.69) is 15.3 Å². The third-order valence-corrected chi connectivity index (χ3v) is 8.14. The van der Waals surface area contributed by atoms with Crippen LogP contribution in [0.5, 0.6) is 0 Å². The van der Waals surface area contributed by atoms with Crippen LogP contribution in [0.3, 0.4) is 0 Å². The van der Waals surface area contributed by atoms with Gasteiger partial charge in [0.15, 0.2) is 12.6 Å². The highest BCUT2D eigenvalue weighted by Crippen LogP contribution is 2.39. The molecule has 1 atom stereocenters. The number of carbonyl (C=O) groups is 2. The first-order valence-corrected chi connectivity index (χ1v) is 12.8. The minimum Gasteiger partial charge on any atom is -0.453 e. The number of carbonyl (C=O) groups excluding carboxylic acids is 2.